The highest BCUT2D eigenvalue weighted by molar-refractivity contribution is 6.30. The van der Waals surface area contributed by atoms with Crippen molar-refractivity contribution in [2.24, 2.45) is 11.8 Å². The van der Waals surface area contributed by atoms with Gasteiger partial charge in [0.2, 0.25) is 0 Å². The van der Waals surface area contributed by atoms with Crippen molar-refractivity contribution in [1.29, 1.82) is 0 Å². The third-order valence-corrected chi connectivity index (χ3v) is 6.03. The molecule has 1 aliphatic carbocycles. The largest absolute Gasteiger partial charge is 0.414 e. The molecule has 1 fully saturated rings. The summed E-state index contributed by atoms with van der Waals surface area (Å²) in [4.78, 5) is 16.3. The van der Waals surface area contributed by atoms with E-state index in [0.717, 1.165) is 32.1 Å². The Morgan fingerprint density at radius 2 is 1.79 bits per heavy atom. The van der Waals surface area contributed by atoms with Crippen LogP contribution in [-0.4, -0.2) is 60.8 Å². The average Bonchev–Trinajstić information content (AvgIpc) is 2.70. The third kappa shape index (κ3) is 7.98. The fraction of sp³-hybridized carbons (Fsp3) is 0.682. The first-order chi connectivity index (χ1) is 13.5. The molecule has 0 radical (unpaired) electrons. The average molecular weight is 411 g/mol. The van der Waals surface area contributed by atoms with Gasteiger partial charge in [0, 0.05) is 25.2 Å². The summed E-state index contributed by atoms with van der Waals surface area (Å²) in [5.74, 6) is 1.88. The van der Waals surface area contributed by atoms with Gasteiger partial charge in [-0.05, 0) is 74.9 Å². The van der Waals surface area contributed by atoms with Crippen LogP contribution in [0.25, 0.3) is 0 Å². The molecule has 0 aromatic heterocycles. The van der Waals surface area contributed by atoms with Crippen LogP contribution in [0.2, 0.25) is 5.02 Å². The van der Waals surface area contributed by atoms with Crippen LogP contribution >= 0.6 is 11.6 Å². The van der Waals surface area contributed by atoms with Crippen molar-refractivity contribution in [2.45, 2.75) is 45.4 Å². The second-order valence-electron chi connectivity index (χ2n) is 7.89. The van der Waals surface area contributed by atoms with Crippen LogP contribution in [0.3, 0.4) is 0 Å². The highest BCUT2D eigenvalue weighted by Gasteiger charge is 2.24. The van der Waals surface area contributed by atoms with Gasteiger partial charge in [-0.15, -0.1) is 0 Å². The number of likely N-dealkylation sites (N-methyl/N-ethyl adjacent to an activating group) is 1. The van der Waals surface area contributed by atoms with E-state index in [4.69, 9.17) is 21.4 Å². The summed E-state index contributed by atoms with van der Waals surface area (Å²) < 4.78 is 5.41. The second kappa shape index (κ2) is 12.3. The van der Waals surface area contributed by atoms with Crippen molar-refractivity contribution >= 4 is 17.7 Å². The number of aliphatic hydroxyl groups is 1. The molecule has 2 rings (SSSR count). The van der Waals surface area contributed by atoms with Gasteiger partial charge in [-0.25, -0.2) is 4.79 Å². The number of rotatable bonds is 10. The Hall–Kier alpha value is -1.30. The number of hydrogen-bond donors (Lipinski definition) is 1. The lowest BCUT2D eigenvalue weighted by atomic mass is 9.80. The molecule has 1 aromatic carbocycles. The van der Waals surface area contributed by atoms with Gasteiger partial charge in [0.25, 0.3) is 0 Å². The zero-order valence-corrected chi connectivity index (χ0v) is 18.0. The molecule has 1 N–H and O–H groups in total. The standard InChI is InChI=1S/C22H35ClN2O3/c1-3-25(15-16-26)14-4-5-18-6-8-19(9-7-18)17-24(2)22(27)28-21-12-10-20(23)11-13-21/h10-13,18-19,26H,3-9,14-17H2,1-2H3. The molecule has 6 heteroatoms. The number of hydrogen-bond acceptors (Lipinski definition) is 4. The molecule has 0 unspecified atom stereocenters. The Balaban J connectivity index is 1.64. The molecule has 1 saturated carbocycles. The maximum atomic E-state index is 12.3. The number of nitrogens with zero attached hydrogens (tertiary/aromatic N) is 2. The predicted molar refractivity (Wildman–Crippen MR) is 114 cm³/mol. The second-order valence-corrected chi connectivity index (χ2v) is 8.33. The van der Waals surface area contributed by atoms with Crippen LogP contribution < -0.4 is 4.74 Å². The minimum atomic E-state index is -0.312. The van der Waals surface area contributed by atoms with Gasteiger partial charge in [-0.2, -0.15) is 0 Å². The highest BCUT2D eigenvalue weighted by atomic mass is 35.5. The number of benzene rings is 1. The van der Waals surface area contributed by atoms with Crippen LogP contribution in [0.5, 0.6) is 5.75 Å². The highest BCUT2D eigenvalue weighted by Crippen LogP contribution is 2.32. The van der Waals surface area contributed by atoms with Gasteiger partial charge in [0.05, 0.1) is 6.61 Å². The minimum absolute atomic E-state index is 0.243. The lowest BCUT2D eigenvalue weighted by molar-refractivity contribution is 0.144. The molecule has 5 nitrogen and oxygen atoms in total. The lowest BCUT2D eigenvalue weighted by Gasteiger charge is -2.31. The molecule has 0 bridgehead atoms. The van der Waals surface area contributed by atoms with Crippen molar-refractivity contribution in [2.75, 3.05) is 39.8 Å². The summed E-state index contributed by atoms with van der Waals surface area (Å²) in [6.45, 7) is 6.01. The van der Waals surface area contributed by atoms with Gasteiger partial charge in [0.15, 0.2) is 0 Å². The van der Waals surface area contributed by atoms with Gasteiger partial charge >= 0.3 is 6.09 Å². The summed E-state index contributed by atoms with van der Waals surface area (Å²) in [6, 6.07) is 6.85. The van der Waals surface area contributed by atoms with E-state index >= 15 is 0 Å². The first-order valence-corrected chi connectivity index (χ1v) is 10.9. The number of halogens is 1. The zero-order chi connectivity index (χ0) is 20.4. The van der Waals surface area contributed by atoms with Crippen molar-refractivity contribution in [3.8, 4) is 5.75 Å². The molecular formula is C22H35ClN2O3. The molecule has 0 spiro atoms. The summed E-state index contributed by atoms with van der Waals surface area (Å²) in [5, 5.41) is 9.69. The van der Waals surface area contributed by atoms with E-state index < -0.39 is 0 Å². The van der Waals surface area contributed by atoms with Gasteiger partial charge in [-0.3, -0.25) is 0 Å². The normalized spacial score (nSPS) is 19.6. The van der Waals surface area contributed by atoms with E-state index in [1.807, 2.05) is 7.05 Å². The summed E-state index contributed by atoms with van der Waals surface area (Å²) in [6.07, 6.45) is 7.01. The monoisotopic (exact) mass is 410 g/mol. The van der Waals surface area contributed by atoms with Crippen molar-refractivity contribution in [1.82, 2.24) is 9.80 Å². The molecule has 1 aliphatic rings. The zero-order valence-electron chi connectivity index (χ0n) is 17.3. The molecule has 1 aromatic rings. The molecule has 0 aliphatic heterocycles. The van der Waals surface area contributed by atoms with Crippen LogP contribution in [0, 0.1) is 11.8 Å². The van der Waals surface area contributed by atoms with Crippen molar-refractivity contribution in [3.63, 3.8) is 0 Å². The van der Waals surface area contributed by atoms with E-state index in [1.165, 1.54) is 38.5 Å². The fourth-order valence-electron chi connectivity index (χ4n) is 4.02. The van der Waals surface area contributed by atoms with Gasteiger partial charge in [-0.1, -0.05) is 31.4 Å². The Kier molecular flexibility index (Phi) is 10.1. The molecule has 0 saturated heterocycles. The Morgan fingerprint density at radius 3 is 2.39 bits per heavy atom. The maximum Gasteiger partial charge on any atom is 0.414 e. The van der Waals surface area contributed by atoms with Crippen molar-refractivity contribution in [3.05, 3.63) is 29.3 Å². The molecular weight excluding hydrogens is 376 g/mol. The SMILES string of the molecule is CCN(CCO)CCCC1CCC(CN(C)C(=O)Oc2ccc(Cl)cc2)CC1. The predicted octanol–water partition coefficient (Wildman–Crippen LogP) is 4.67. The van der Waals surface area contributed by atoms with E-state index in [2.05, 4.69) is 11.8 Å². The van der Waals surface area contributed by atoms with Gasteiger partial charge in [0.1, 0.15) is 5.75 Å². The number of amides is 1. The van der Waals surface area contributed by atoms with E-state index in [1.54, 1.807) is 29.2 Å². The summed E-state index contributed by atoms with van der Waals surface area (Å²) in [7, 11) is 1.81. The number of carbonyl (C=O) groups is 1. The Labute approximate surface area is 174 Å². The maximum absolute atomic E-state index is 12.3. The number of carbonyl (C=O) groups excluding carboxylic acids is 1. The first kappa shape index (κ1) is 23.0. The molecule has 158 valence electrons. The lowest BCUT2D eigenvalue weighted by Crippen LogP contribution is -2.35. The summed E-state index contributed by atoms with van der Waals surface area (Å²) in [5.41, 5.74) is 0. The van der Waals surface area contributed by atoms with E-state index in [-0.39, 0.29) is 12.7 Å². The van der Waals surface area contributed by atoms with Crippen LogP contribution in [0.1, 0.15) is 45.4 Å². The van der Waals surface area contributed by atoms with Crippen LogP contribution in [-0.2, 0) is 0 Å². The Morgan fingerprint density at radius 1 is 1.14 bits per heavy atom. The first-order valence-electron chi connectivity index (χ1n) is 10.5. The van der Waals surface area contributed by atoms with Crippen LogP contribution in [0.4, 0.5) is 4.79 Å². The fourth-order valence-corrected chi connectivity index (χ4v) is 4.14. The smallest absolute Gasteiger partial charge is 0.410 e. The number of ether oxygens (including phenoxy) is 1. The number of aliphatic hydroxyl groups excluding tert-OH is 1. The third-order valence-electron chi connectivity index (χ3n) is 5.78. The Bertz CT molecular complexity index is 574. The van der Waals surface area contributed by atoms with E-state index in [0.29, 0.717) is 16.7 Å². The van der Waals surface area contributed by atoms with Gasteiger partial charge < -0.3 is 19.6 Å². The van der Waals surface area contributed by atoms with Crippen LogP contribution in [0.15, 0.2) is 24.3 Å². The quantitative estimate of drug-likeness (QED) is 0.608. The van der Waals surface area contributed by atoms with E-state index in [9.17, 15) is 4.79 Å². The molecule has 28 heavy (non-hydrogen) atoms. The minimum Gasteiger partial charge on any atom is -0.410 e. The molecule has 1 amide bonds. The summed E-state index contributed by atoms with van der Waals surface area (Å²) >= 11 is 5.86. The topological polar surface area (TPSA) is 53.0 Å². The molecule has 0 heterocycles. The van der Waals surface area contributed by atoms with Crippen molar-refractivity contribution < 1.29 is 14.6 Å². The molecule has 0 atom stereocenters.